The number of nitrogens with one attached hydrogen (secondary N) is 1. The van der Waals surface area contributed by atoms with Gasteiger partial charge in [0.2, 0.25) is 0 Å². The smallest absolute Gasteiger partial charge is 0.252 e. The van der Waals surface area contributed by atoms with E-state index >= 15 is 0 Å². The van der Waals surface area contributed by atoms with Crippen LogP contribution in [0.1, 0.15) is 28.8 Å². The van der Waals surface area contributed by atoms with Crippen molar-refractivity contribution in [2.45, 2.75) is 44.6 Å². The van der Waals surface area contributed by atoms with Gasteiger partial charge in [0.15, 0.2) is 0 Å². The number of nitrogens with zero attached hydrogens (tertiary/aromatic N) is 3. The van der Waals surface area contributed by atoms with Crippen molar-refractivity contribution in [3.8, 4) is 11.3 Å². The zero-order chi connectivity index (χ0) is 25.1. The summed E-state index contributed by atoms with van der Waals surface area (Å²) >= 11 is 0. The van der Waals surface area contributed by atoms with Crippen molar-refractivity contribution >= 4 is 24.9 Å². The van der Waals surface area contributed by atoms with E-state index in [4.69, 9.17) is 4.98 Å². The van der Waals surface area contributed by atoms with Gasteiger partial charge in [0.25, 0.3) is 5.91 Å². The maximum atomic E-state index is 14.1. The molecule has 0 unspecified atom stereocenters. The highest BCUT2D eigenvalue weighted by molar-refractivity contribution is 6.77. The quantitative estimate of drug-likeness (QED) is 0.438. The second kappa shape index (κ2) is 10.8. The lowest BCUT2D eigenvalue weighted by atomic mass is 10.0. The van der Waals surface area contributed by atoms with Gasteiger partial charge in [-0.25, -0.2) is 9.37 Å². The average molecular weight is 505 g/mol. The van der Waals surface area contributed by atoms with E-state index in [1.807, 2.05) is 0 Å². The van der Waals surface area contributed by atoms with E-state index in [1.54, 1.807) is 12.1 Å². The first-order valence-corrected chi connectivity index (χ1v) is 16.7. The maximum absolute atomic E-state index is 14.1. The minimum atomic E-state index is -0.968. The molecule has 7 heteroatoms. The molecule has 0 aliphatic carbocycles. The van der Waals surface area contributed by atoms with Crippen LogP contribution in [-0.2, 0) is 6.54 Å². The summed E-state index contributed by atoms with van der Waals surface area (Å²) in [5, 5.41) is 3.59. The predicted octanol–water partition coefficient (Wildman–Crippen LogP) is 5.39. The molecule has 191 valence electrons. The van der Waals surface area contributed by atoms with Crippen LogP contribution in [0.15, 0.2) is 48.5 Å². The van der Waals surface area contributed by atoms with Crippen molar-refractivity contribution in [2.24, 2.45) is 0 Å². The molecule has 1 aromatic heterocycles. The summed E-state index contributed by atoms with van der Waals surface area (Å²) in [6.45, 7) is 12.0. The Kier molecular flexibility index (Phi) is 7.51. The van der Waals surface area contributed by atoms with Crippen LogP contribution in [0.2, 0.25) is 25.2 Å². The summed E-state index contributed by atoms with van der Waals surface area (Å²) in [7, 11) is -0.968. The molecule has 2 aliphatic rings. The number of amides is 1. The number of halogens is 1. The maximum Gasteiger partial charge on any atom is 0.252 e. The summed E-state index contributed by atoms with van der Waals surface area (Å²) in [5.41, 5.74) is 4.09. The third-order valence-corrected chi connectivity index (χ3v) is 10.9. The number of rotatable bonds is 7. The Labute approximate surface area is 214 Å². The van der Waals surface area contributed by atoms with Crippen LogP contribution in [0.5, 0.6) is 0 Å². The van der Waals surface area contributed by atoms with E-state index in [1.165, 1.54) is 55.7 Å². The van der Waals surface area contributed by atoms with Gasteiger partial charge in [-0.2, -0.15) is 13.1 Å². The van der Waals surface area contributed by atoms with Crippen molar-refractivity contribution in [1.82, 2.24) is 20.1 Å². The monoisotopic (exact) mass is 504 g/mol. The second-order valence-corrected chi connectivity index (χ2v) is 16.5. The number of fused-ring (bicyclic) bond motifs is 1. The highest BCUT2D eigenvalue weighted by Gasteiger charge is 2.19. The lowest BCUT2D eigenvalue weighted by molar-refractivity contribution is 0.0951. The van der Waals surface area contributed by atoms with Gasteiger partial charge in [-0.05, 0) is 68.8 Å². The molecule has 36 heavy (non-hydrogen) atoms. The van der Waals surface area contributed by atoms with Crippen molar-refractivity contribution in [2.75, 3.05) is 39.3 Å². The van der Waals surface area contributed by atoms with Crippen molar-refractivity contribution < 1.29 is 9.18 Å². The fourth-order valence-corrected chi connectivity index (χ4v) is 7.41. The van der Waals surface area contributed by atoms with Crippen LogP contribution in [-0.4, -0.2) is 68.0 Å². The molecule has 2 aromatic carbocycles. The molecule has 3 heterocycles. The Morgan fingerprint density at radius 3 is 2.42 bits per heavy atom. The van der Waals surface area contributed by atoms with Gasteiger partial charge in [0.05, 0.1) is 16.8 Å². The number of likely N-dealkylation sites (tertiary alicyclic amines) is 1. The van der Waals surface area contributed by atoms with Crippen LogP contribution in [0.3, 0.4) is 0 Å². The summed E-state index contributed by atoms with van der Waals surface area (Å²) in [5.74, 6) is -0.544. The van der Waals surface area contributed by atoms with Gasteiger partial charge >= 0.3 is 0 Å². The highest BCUT2D eigenvalue weighted by atomic mass is 28.3. The van der Waals surface area contributed by atoms with Gasteiger partial charge in [-0.1, -0.05) is 24.3 Å². The zero-order valence-corrected chi connectivity index (χ0v) is 22.5. The molecule has 1 amide bonds. The molecule has 2 saturated heterocycles. The number of pyridine rings is 1. The van der Waals surface area contributed by atoms with E-state index in [2.05, 4.69) is 52.5 Å². The third kappa shape index (κ3) is 6.02. The van der Waals surface area contributed by atoms with Crippen LogP contribution in [0, 0.1) is 5.82 Å². The first kappa shape index (κ1) is 25.1. The summed E-state index contributed by atoms with van der Waals surface area (Å²) in [6, 6.07) is 17.5. The number of carbonyl (C=O) groups is 1. The molecular formula is C29H37FN4OSi-. The van der Waals surface area contributed by atoms with Gasteiger partial charge in [-0.3, -0.25) is 4.79 Å². The zero-order valence-electron chi connectivity index (χ0n) is 21.5. The summed E-state index contributed by atoms with van der Waals surface area (Å²) in [4.78, 5) is 22.9. The van der Waals surface area contributed by atoms with E-state index < -0.39 is 8.07 Å². The molecule has 2 fully saturated rings. The Bertz CT molecular complexity index is 1210. The number of carbonyl (C=O) groups excluding carboxylic acids is 1. The average Bonchev–Trinajstić information content (AvgIpc) is 3.39. The Balaban J connectivity index is 1.33. The Hall–Kier alpha value is -2.61. The fourth-order valence-electron chi connectivity index (χ4n) is 5.32. The Morgan fingerprint density at radius 1 is 0.972 bits per heavy atom. The van der Waals surface area contributed by atoms with E-state index in [9.17, 15) is 9.18 Å². The molecule has 0 spiro atoms. The SMILES string of the molecule is C[Si-]1(C)CCN(Cc2ccc(-c3cc(C(=O)NCCN4CCCC4)c4cc(F)ccc4n3)cc2)CC1. The lowest BCUT2D eigenvalue weighted by Crippen LogP contribution is -2.42. The van der Waals surface area contributed by atoms with Gasteiger partial charge in [0, 0.05) is 30.6 Å². The van der Waals surface area contributed by atoms with E-state index in [0.717, 1.165) is 37.4 Å². The number of aromatic nitrogens is 1. The molecule has 0 radical (unpaired) electrons. The number of hydrogen-bond acceptors (Lipinski definition) is 4. The molecule has 5 nitrogen and oxygen atoms in total. The fraction of sp³-hybridized carbons (Fsp3) is 0.448. The Morgan fingerprint density at radius 2 is 1.69 bits per heavy atom. The largest absolute Gasteiger partial charge is 0.351 e. The molecule has 0 saturated carbocycles. The molecule has 2 aliphatic heterocycles. The second-order valence-electron chi connectivity index (χ2n) is 11.2. The molecular weight excluding hydrogens is 467 g/mol. The normalized spacial score (nSPS) is 18.5. The van der Waals surface area contributed by atoms with Gasteiger partial charge < -0.3 is 15.1 Å². The molecule has 0 atom stereocenters. The van der Waals surface area contributed by atoms with Crippen molar-refractivity contribution in [1.29, 1.82) is 0 Å². The lowest BCUT2D eigenvalue weighted by Gasteiger charge is -2.43. The highest BCUT2D eigenvalue weighted by Crippen LogP contribution is 2.27. The van der Waals surface area contributed by atoms with Crippen LogP contribution in [0.4, 0.5) is 4.39 Å². The standard InChI is InChI=1S/C29H37FN4OSi/c1-36(2)17-15-34(16-18-36)21-22-5-7-23(8-6-22)28-20-26(25-19-24(30)9-10-27(25)32-28)29(35)31-11-14-33-12-3-4-13-33/h5-10,19-20H,3-4,11-18,21H2,1-2H3,(H,31,35)/q-1. The minimum absolute atomic E-state index is 0.179. The topological polar surface area (TPSA) is 48.5 Å². The van der Waals surface area contributed by atoms with Gasteiger partial charge in [0.1, 0.15) is 5.82 Å². The third-order valence-electron chi connectivity index (χ3n) is 7.79. The van der Waals surface area contributed by atoms with Crippen LogP contribution >= 0.6 is 0 Å². The van der Waals surface area contributed by atoms with Crippen LogP contribution in [0.25, 0.3) is 22.2 Å². The first-order valence-electron chi connectivity index (χ1n) is 13.3. The van der Waals surface area contributed by atoms with Crippen molar-refractivity contribution in [3.63, 3.8) is 0 Å². The van der Waals surface area contributed by atoms with E-state index in [0.29, 0.717) is 23.0 Å². The number of hydrogen-bond donors (Lipinski definition) is 1. The van der Waals surface area contributed by atoms with E-state index in [-0.39, 0.29) is 11.7 Å². The molecule has 0 bridgehead atoms. The first-order chi connectivity index (χ1) is 17.4. The predicted molar refractivity (Wildman–Crippen MR) is 148 cm³/mol. The summed E-state index contributed by atoms with van der Waals surface area (Å²) in [6.07, 6.45) is 2.45. The summed E-state index contributed by atoms with van der Waals surface area (Å²) < 4.78 is 14.1. The molecule has 3 aromatic rings. The van der Waals surface area contributed by atoms with Crippen LogP contribution < -0.4 is 5.32 Å². The molecule has 5 rings (SSSR count). The number of benzene rings is 2. The minimum Gasteiger partial charge on any atom is -0.351 e. The molecule has 1 N–H and O–H groups in total. The van der Waals surface area contributed by atoms with Crippen molar-refractivity contribution in [3.05, 3.63) is 65.5 Å². The van der Waals surface area contributed by atoms with Gasteiger partial charge in [-0.15, -0.1) is 20.2 Å².